The first-order valence-electron chi connectivity index (χ1n) is 7.05. The van der Waals surface area contributed by atoms with Crippen LogP contribution in [0.15, 0.2) is 0 Å². The first-order chi connectivity index (χ1) is 9.00. The number of aliphatic hydroxyl groups is 1. The number of rotatable bonds is 3. The smallest absolute Gasteiger partial charge is 0.318 e. The fourth-order valence-corrected chi connectivity index (χ4v) is 3.55. The summed E-state index contributed by atoms with van der Waals surface area (Å²) in [4.78, 5) is 24.7. The van der Waals surface area contributed by atoms with Gasteiger partial charge in [-0.1, -0.05) is 6.42 Å². The summed E-state index contributed by atoms with van der Waals surface area (Å²) in [6.07, 6.45) is 4.72. The maximum atomic E-state index is 11.9. The molecule has 6 heteroatoms. The number of primary amides is 1. The first-order valence-corrected chi connectivity index (χ1v) is 7.05. The van der Waals surface area contributed by atoms with Crippen molar-refractivity contribution in [2.75, 3.05) is 6.54 Å². The normalized spacial score (nSPS) is 33.3. The van der Waals surface area contributed by atoms with Crippen molar-refractivity contribution in [3.63, 3.8) is 0 Å². The van der Waals surface area contributed by atoms with Crippen LogP contribution in [0.2, 0.25) is 0 Å². The standard InChI is InChI=1S/C13H23N3O3/c1-8(12(18)15-13(14)19)16-7-3-5-10(16)9-4-2-6-11(9)17/h8-11,17H,2-7H2,1H3,(H3,14,15,18,19). The first kappa shape index (κ1) is 14.3. The van der Waals surface area contributed by atoms with E-state index in [1.165, 1.54) is 0 Å². The summed E-state index contributed by atoms with van der Waals surface area (Å²) in [6, 6.07) is -0.951. The molecule has 0 aromatic carbocycles. The second-order valence-corrected chi connectivity index (χ2v) is 5.64. The van der Waals surface area contributed by atoms with Gasteiger partial charge in [-0.15, -0.1) is 0 Å². The Balaban J connectivity index is 2.01. The van der Waals surface area contributed by atoms with Crippen molar-refractivity contribution >= 4 is 11.9 Å². The lowest BCUT2D eigenvalue weighted by Gasteiger charge is -2.34. The highest BCUT2D eigenvalue weighted by Crippen LogP contribution is 2.36. The summed E-state index contributed by atoms with van der Waals surface area (Å²) < 4.78 is 0. The number of carbonyl (C=O) groups is 2. The topological polar surface area (TPSA) is 95.7 Å². The van der Waals surface area contributed by atoms with Crippen LogP contribution in [-0.4, -0.2) is 46.7 Å². The lowest BCUT2D eigenvalue weighted by molar-refractivity contribution is -0.125. The van der Waals surface area contributed by atoms with Crippen molar-refractivity contribution < 1.29 is 14.7 Å². The van der Waals surface area contributed by atoms with Gasteiger partial charge in [0.2, 0.25) is 5.91 Å². The molecular formula is C13H23N3O3. The van der Waals surface area contributed by atoms with Gasteiger partial charge in [0.15, 0.2) is 0 Å². The molecule has 1 aliphatic heterocycles. The number of nitrogens with one attached hydrogen (secondary N) is 1. The predicted octanol–water partition coefficient (Wildman–Crippen LogP) is 0.195. The van der Waals surface area contributed by atoms with Crippen molar-refractivity contribution in [3.05, 3.63) is 0 Å². The summed E-state index contributed by atoms with van der Waals surface area (Å²) in [7, 11) is 0. The fraction of sp³-hybridized carbons (Fsp3) is 0.846. The van der Waals surface area contributed by atoms with Crippen LogP contribution in [0.1, 0.15) is 39.0 Å². The molecule has 0 radical (unpaired) electrons. The number of imide groups is 1. The minimum absolute atomic E-state index is 0.242. The van der Waals surface area contributed by atoms with Crippen LogP contribution in [0.25, 0.3) is 0 Å². The van der Waals surface area contributed by atoms with Gasteiger partial charge in [-0.3, -0.25) is 15.0 Å². The van der Waals surface area contributed by atoms with Crippen LogP contribution in [0.3, 0.4) is 0 Å². The summed E-state index contributed by atoms with van der Waals surface area (Å²) in [5.74, 6) is -0.0989. The molecule has 4 atom stereocenters. The molecule has 1 heterocycles. The number of nitrogens with zero attached hydrogens (tertiary/aromatic N) is 1. The SMILES string of the molecule is CC(C(=O)NC(N)=O)N1CCCC1C1CCCC1O. The van der Waals surface area contributed by atoms with E-state index < -0.39 is 6.03 Å². The van der Waals surface area contributed by atoms with Gasteiger partial charge in [-0.05, 0) is 39.2 Å². The zero-order chi connectivity index (χ0) is 14.0. The number of hydrogen-bond acceptors (Lipinski definition) is 4. The Morgan fingerprint density at radius 1 is 1.32 bits per heavy atom. The maximum Gasteiger partial charge on any atom is 0.318 e. The predicted molar refractivity (Wildman–Crippen MR) is 70.3 cm³/mol. The van der Waals surface area contributed by atoms with E-state index in [0.29, 0.717) is 0 Å². The average molecular weight is 269 g/mol. The van der Waals surface area contributed by atoms with Crippen LogP contribution in [0.4, 0.5) is 4.79 Å². The van der Waals surface area contributed by atoms with Gasteiger partial charge in [0.1, 0.15) is 0 Å². The number of likely N-dealkylation sites (tertiary alicyclic amines) is 1. The van der Waals surface area contributed by atoms with Crippen molar-refractivity contribution in [1.29, 1.82) is 0 Å². The van der Waals surface area contributed by atoms with Gasteiger partial charge in [0, 0.05) is 12.0 Å². The molecule has 0 bridgehead atoms. The summed E-state index contributed by atoms with van der Waals surface area (Å²) >= 11 is 0. The van der Waals surface area contributed by atoms with Crippen molar-refractivity contribution in [2.24, 2.45) is 11.7 Å². The molecule has 6 nitrogen and oxygen atoms in total. The molecule has 4 unspecified atom stereocenters. The van der Waals surface area contributed by atoms with Crippen molar-refractivity contribution in [3.8, 4) is 0 Å². The van der Waals surface area contributed by atoms with E-state index in [1.807, 2.05) is 0 Å². The molecule has 1 saturated heterocycles. The van der Waals surface area contributed by atoms with Gasteiger partial charge in [-0.2, -0.15) is 0 Å². The van der Waals surface area contributed by atoms with Gasteiger partial charge in [0.05, 0.1) is 12.1 Å². The van der Waals surface area contributed by atoms with Crippen LogP contribution >= 0.6 is 0 Å². The summed E-state index contributed by atoms with van der Waals surface area (Å²) in [6.45, 7) is 2.62. The van der Waals surface area contributed by atoms with E-state index in [4.69, 9.17) is 5.73 Å². The minimum atomic E-state index is -0.812. The number of carbonyl (C=O) groups excluding carboxylic acids is 2. The molecule has 1 saturated carbocycles. The van der Waals surface area contributed by atoms with Gasteiger partial charge in [-0.25, -0.2) is 4.79 Å². The van der Waals surface area contributed by atoms with Crippen molar-refractivity contribution in [1.82, 2.24) is 10.2 Å². The average Bonchev–Trinajstić information content (AvgIpc) is 2.94. The van der Waals surface area contributed by atoms with E-state index >= 15 is 0 Å². The molecule has 108 valence electrons. The molecule has 3 amide bonds. The van der Waals surface area contributed by atoms with Gasteiger partial charge < -0.3 is 10.8 Å². The number of hydrogen-bond donors (Lipinski definition) is 3. The Kier molecular flexibility index (Phi) is 4.42. The molecule has 1 aliphatic carbocycles. The van der Waals surface area contributed by atoms with Gasteiger partial charge >= 0.3 is 6.03 Å². The Hall–Kier alpha value is -1.14. The van der Waals surface area contributed by atoms with E-state index in [9.17, 15) is 14.7 Å². The molecule has 0 aromatic rings. The Morgan fingerprint density at radius 3 is 2.63 bits per heavy atom. The van der Waals surface area contributed by atoms with E-state index in [-0.39, 0.29) is 30.0 Å². The minimum Gasteiger partial charge on any atom is -0.393 e. The third kappa shape index (κ3) is 3.06. The van der Waals surface area contributed by atoms with Crippen LogP contribution in [-0.2, 0) is 4.79 Å². The van der Waals surface area contributed by atoms with E-state index in [1.54, 1.807) is 6.92 Å². The van der Waals surface area contributed by atoms with E-state index in [0.717, 1.165) is 38.6 Å². The third-order valence-electron chi connectivity index (χ3n) is 4.49. The maximum absolute atomic E-state index is 11.9. The third-order valence-corrected chi connectivity index (χ3v) is 4.49. The number of amides is 3. The van der Waals surface area contributed by atoms with Crippen LogP contribution < -0.4 is 11.1 Å². The van der Waals surface area contributed by atoms with Gasteiger partial charge in [0.25, 0.3) is 0 Å². The molecule has 2 aliphatic rings. The number of aliphatic hydroxyl groups excluding tert-OH is 1. The highest BCUT2D eigenvalue weighted by Gasteiger charge is 2.41. The van der Waals surface area contributed by atoms with Crippen molar-refractivity contribution in [2.45, 2.75) is 57.2 Å². The molecular weight excluding hydrogens is 246 g/mol. The summed E-state index contributed by atoms with van der Waals surface area (Å²) in [5.41, 5.74) is 4.98. The highest BCUT2D eigenvalue weighted by atomic mass is 16.3. The summed E-state index contributed by atoms with van der Waals surface area (Å²) in [5, 5.41) is 12.2. The fourth-order valence-electron chi connectivity index (χ4n) is 3.55. The van der Waals surface area contributed by atoms with E-state index in [2.05, 4.69) is 10.2 Å². The molecule has 19 heavy (non-hydrogen) atoms. The quantitative estimate of drug-likeness (QED) is 0.681. The molecule has 0 spiro atoms. The largest absolute Gasteiger partial charge is 0.393 e. The van der Waals surface area contributed by atoms with Crippen LogP contribution in [0.5, 0.6) is 0 Å². The lowest BCUT2D eigenvalue weighted by Crippen LogP contribution is -2.52. The lowest BCUT2D eigenvalue weighted by atomic mass is 9.93. The zero-order valence-corrected chi connectivity index (χ0v) is 11.3. The highest BCUT2D eigenvalue weighted by molar-refractivity contribution is 5.96. The molecule has 0 aromatic heterocycles. The Bertz CT molecular complexity index is 361. The Morgan fingerprint density at radius 2 is 2.05 bits per heavy atom. The second kappa shape index (κ2) is 5.88. The molecule has 2 fully saturated rings. The molecule has 2 rings (SSSR count). The number of nitrogens with two attached hydrogens (primary N) is 1. The molecule has 4 N–H and O–H groups in total. The number of urea groups is 1. The monoisotopic (exact) mass is 269 g/mol. The Labute approximate surface area is 113 Å². The second-order valence-electron chi connectivity index (χ2n) is 5.64. The zero-order valence-electron chi connectivity index (χ0n) is 11.3. The van der Waals surface area contributed by atoms with Crippen LogP contribution in [0, 0.1) is 5.92 Å².